The molecular formula is C19H22N6O3. The molecule has 0 bridgehead atoms. The second-order valence-corrected chi connectivity index (χ2v) is 7.15. The number of rotatable bonds is 5. The van der Waals surface area contributed by atoms with Crippen molar-refractivity contribution in [3.63, 3.8) is 0 Å². The van der Waals surface area contributed by atoms with Crippen LogP contribution in [0, 0.1) is 0 Å². The molecule has 1 unspecified atom stereocenters. The van der Waals surface area contributed by atoms with Crippen LogP contribution in [0.3, 0.4) is 0 Å². The van der Waals surface area contributed by atoms with Crippen LogP contribution in [-0.2, 0) is 11.3 Å². The maximum atomic E-state index is 6.08. The van der Waals surface area contributed by atoms with Gasteiger partial charge in [0.25, 0.3) is 0 Å². The zero-order valence-corrected chi connectivity index (χ0v) is 15.5. The van der Waals surface area contributed by atoms with Crippen molar-refractivity contribution in [1.29, 1.82) is 0 Å². The fourth-order valence-electron chi connectivity index (χ4n) is 3.72. The van der Waals surface area contributed by atoms with E-state index in [-0.39, 0.29) is 6.10 Å². The molecule has 0 N–H and O–H groups in total. The minimum Gasteiger partial charge on any atom is -0.471 e. The van der Waals surface area contributed by atoms with Gasteiger partial charge in [-0.1, -0.05) is 10.3 Å². The Bertz CT molecular complexity index is 921. The molecule has 9 nitrogen and oxygen atoms in total. The second kappa shape index (κ2) is 7.69. The smallest absolute Gasteiger partial charge is 0.224 e. The van der Waals surface area contributed by atoms with E-state index >= 15 is 0 Å². The summed E-state index contributed by atoms with van der Waals surface area (Å²) in [5.74, 6) is 0.638. The lowest BCUT2D eigenvalue weighted by molar-refractivity contribution is 0.139. The molecule has 0 spiro atoms. The number of aromatic nitrogens is 4. The molecule has 0 saturated carbocycles. The Morgan fingerprint density at radius 2 is 2.07 bits per heavy atom. The van der Waals surface area contributed by atoms with E-state index in [4.69, 9.17) is 9.47 Å². The van der Waals surface area contributed by atoms with Gasteiger partial charge in [0.05, 0.1) is 30.3 Å². The van der Waals surface area contributed by atoms with E-state index in [1.54, 1.807) is 12.5 Å². The van der Waals surface area contributed by atoms with E-state index in [9.17, 15) is 0 Å². The molecule has 28 heavy (non-hydrogen) atoms. The standard InChI is InChI=1S/C19H22N6O3/c1-2-18-17(19(21-13-20-18)27-16-3-8-26-12-16)9-15(1)25-6-4-24(5-7-25)11-14-10-22-28-23-14/h1-2,9-10,13,16H,3-8,11-12H2. The lowest BCUT2D eigenvalue weighted by Crippen LogP contribution is -2.46. The average molecular weight is 382 g/mol. The van der Waals surface area contributed by atoms with Gasteiger partial charge in [-0.25, -0.2) is 14.6 Å². The van der Waals surface area contributed by atoms with Crippen LogP contribution in [0.25, 0.3) is 10.9 Å². The van der Waals surface area contributed by atoms with Crippen molar-refractivity contribution in [2.45, 2.75) is 19.1 Å². The van der Waals surface area contributed by atoms with Gasteiger partial charge < -0.3 is 14.4 Å². The summed E-state index contributed by atoms with van der Waals surface area (Å²) in [4.78, 5) is 13.5. The number of piperazine rings is 1. The first-order valence-electron chi connectivity index (χ1n) is 9.58. The highest BCUT2D eigenvalue weighted by molar-refractivity contribution is 5.86. The van der Waals surface area contributed by atoms with E-state index in [1.165, 1.54) is 0 Å². The number of ether oxygens (including phenoxy) is 2. The molecule has 2 aliphatic heterocycles. The summed E-state index contributed by atoms with van der Waals surface area (Å²) in [6.07, 6.45) is 4.20. The van der Waals surface area contributed by atoms with Gasteiger partial charge in [0.15, 0.2) is 0 Å². The summed E-state index contributed by atoms with van der Waals surface area (Å²) in [7, 11) is 0. The number of anilines is 1. The third kappa shape index (κ3) is 3.63. The molecule has 1 aromatic carbocycles. The molecule has 3 aromatic rings. The molecule has 2 fully saturated rings. The van der Waals surface area contributed by atoms with Gasteiger partial charge in [-0.15, -0.1) is 0 Å². The van der Waals surface area contributed by atoms with Crippen LogP contribution >= 0.6 is 0 Å². The van der Waals surface area contributed by atoms with Crippen molar-refractivity contribution in [2.24, 2.45) is 0 Å². The van der Waals surface area contributed by atoms with Crippen molar-refractivity contribution in [3.05, 3.63) is 36.4 Å². The molecule has 2 saturated heterocycles. The number of nitrogens with zero attached hydrogens (tertiary/aromatic N) is 6. The second-order valence-electron chi connectivity index (χ2n) is 7.15. The van der Waals surface area contributed by atoms with E-state index in [0.29, 0.717) is 12.5 Å². The van der Waals surface area contributed by atoms with Crippen LogP contribution in [0.1, 0.15) is 12.1 Å². The molecular weight excluding hydrogens is 360 g/mol. The summed E-state index contributed by atoms with van der Waals surface area (Å²) >= 11 is 0. The number of fused-ring (bicyclic) bond motifs is 1. The zero-order valence-electron chi connectivity index (χ0n) is 15.5. The van der Waals surface area contributed by atoms with Gasteiger partial charge in [0.1, 0.15) is 18.1 Å². The van der Waals surface area contributed by atoms with Crippen LogP contribution in [0.5, 0.6) is 5.88 Å². The molecule has 2 aliphatic rings. The van der Waals surface area contributed by atoms with Crippen LogP contribution in [-0.4, -0.2) is 70.7 Å². The first-order valence-corrected chi connectivity index (χ1v) is 9.58. The first-order chi connectivity index (χ1) is 13.8. The molecule has 0 amide bonds. The third-order valence-corrected chi connectivity index (χ3v) is 5.28. The molecule has 2 aromatic heterocycles. The Hall–Kier alpha value is -2.78. The third-order valence-electron chi connectivity index (χ3n) is 5.28. The van der Waals surface area contributed by atoms with Crippen LogP contribution in [0.2, 0.25) is 0 Å². The predicted octanol–water partition coefficient (Wildman–Crippen LogP) is 1.50. The molecule has 0 radical (unpaired) electrons. The quantitative estimate of drug-likeness (QED) is 0.651. The minimum absolute atomic E-state index is 0.0660. The minimum atomic E-state index is 0.0660. The molecule has 4 heterocycles. The average Bonchev–Trinajstić information content (AvgIpc) is 3.43. The van der Waals surface area contributed by atoms with Gasteiger partial charge in [-0.2, -0.15) is 0 Å². The summed E-state index contributed by atoms with van der Waals surface area (Å²) in [6.45, 7) is 5.93. The maximum Gasteiger partial charge on any atom is 0.224 e. The highest BCUT2D eigenvalue weighted by atomic mass is 16.6. The monoisotopic (exact) mass is 382 g/mol. The maximum absolute atomic E-state index is 6.08. The SMILES string of the molecule is c1nc(OC2CCOC2)c2cc(N3CCN(Cc4cnon4)CC3)ccc2n1. The van der Waals surface area contributed by atoms with Gasteiger partial charge in [-0.3, -0.25) is 4.90 Å². The lowest BCUT2D eigenvalue weighted by atomic mass is 10.2. The van der Waals surface area contributed by atoms with Crippen molar-refractivity contribution in [2.75, 3.05) is 44.3 Å². The Morgan fingerprint density at radius 1 is 1.14 bits per heavy atom. The zero-order chi connectivity index (χ0) is 18.8. The molecule has 9 heteroatoms. The summed E-state index contributed by atoms with van der Waals surface area (Å²) in [6, 6.07) is 6.30. The Kier molecular flexibility index (Phi) is 4.76. The number of benzene rings is 1. The summed E-state index contributed by atoms with van der Waals surface area (Å²) in [5, 5.41) is 8.51. The summed E-state index contributed by atoms with van der Waals surface area (Å²) < 4.78 is 16.2. The van der Waals surface area contributed by atoms with Crippen molar-refractivity contribution < 1.29 is 14.1 Å². The first kappa shape index (κ1) is 17.3. The number of hydrogen-bond acceptors (Lipinski definition) is 9. The predicted molar refractivity (Wildman–Crippen MR) is 101 cm³/mol. The Morgan fingerprint density at radius 3 is 2.86 bits per heavy atom. The normalized spacial score (nSPS) is 20.7. The van der Waals surface area contributed by atoms with Crippen molar-refractivity contribution in [1.82, 2.24) is 25.2 Å². The van der Waals surface area contributed by atoms with Crippen LogP contribution in [0.4, 0.5) is 5.69 Å². The molecule has 5 rings (SSSR count). The molecule has 146 valence electrons. The van der Waals surface area contributed by atoms with E-state index < -0.39 is 0 Å². The van der Waals surface area contributed by atoms with Crippen LogP contribution < -0.4 is 9.64 Å². The largest absolute Gasteiger partial charge is 0.471 e. The van der Waals surface area contributed by atoms with Crippen molar-refractivity contribution >= 4 is 16.6 Å². The highest BCUT2D eigenvalue weighted by Crippen LogP contribution is 2.29. The molecule has 1 atom stereocenters. The fourth-order valence-corrected chi connectivity index (χ4v) is 3.72. The highest BCUT2D eigenvalue weighted by Gasteiger charge is 2.21. The van der Waals surface area contributed by atoms with Gasteiger partial charge >= 0.3 is 0 Å². The summed E-state index contributed by atoms with van der Waals surface area (Å²) in [5.41, 5.74) is 2.93. The molecule has 0 aliphatic carbocycles. The van der Waals surface area contributed by atoms with Gasteiger partial charge in [-0.05, 0) is 18.2 Å². The lowest BCUT2D eigenvalue weighted by Gasteiger charge is -2.35. The van der Waals surface area contributed by atoms with Gasteiger partial charge in [0.2, 0.25) is 5.88 Å². The Labute approximate surface area is 162 Å². The number of hydrogen-bond donors (Lipinski definition) is 0. The van der Waals surface area contributed by atoms with E-state index in [2.05, 4.69) is 46.8 Å². The van der Waals surface area contributed by atoms with E-state index in [1.807, 2.05) is 6.07 Å². The fraction of sp³-hybridized carbons (Fsp3) is 0.474. The van der Waals surface area contributed by atoms with E-state index in [0.717, 1.165) is 68.0 Å². The van der Waals surface area contributed by atoms with Gasteiger partial charge in [0, 0.05) is 44.8 Å². The topological polar surface area (TPSA) is 89.6 Å². The van der Waals surface area contributed by atoms with Crippen LogP contribution in [0.15, 0.2) is 35.4 Å². The Balaban J connectivity index is 1.30. The van der Waals surface area contributed by atoms with Crippen molar-refractivity contribution in [3.8, 4) is 5.88 Å².